The van der Waals surface area contributed by atoms with Gasteiger partial charge in [0.1, 0.15) is 0 Å². The molecule has 0 aliphatic heterocycles. The van der Waals surface area contributed by atoms with Gasteiger partial charge in [-0.2, -0.15) is 0 Å². The van der Waals surface area contributed by atoms with Crippen LogP contribution in [0.1, 0.15) is 12.8 Å². The predicted molar refractivity (Wildman–Crippen MR) is 276 cm³/mol. The third-order valence-electron chi connectivity index (χ3n) is 12.5. The molecule has 0 saturated carbocycles. The van der Waals surface area contributed by atoms with Crippen LogP contribution in [-0.4, -0.2) is 4.57 Å². The van der Waals surface area contributed by atoms with Crippen LogP contribution in [0.3, 0.4) is 0 Å². The highest BCUT2D eigenvalue weighted by Crippen LogP contribution is 2.40. The SMILES string of the molecule is C1=CC(n2ccc3c(-c4ccc(N(c5ccccc5)c5ccc(-c6ccc(-c7ccc(N(c8ccccc8)c8ccc(-c9ccccc9)cc8)cc7)cc6)cc5)cc4)cccc32)=CCC1. The second kappa shape index (κ2) is 17.8. The van der Waals surface area contributed by atoms with Gasteiger partial charge in [-0.05, 0) is 148 Å². The van der Waals surface area contributed by atoms with Gasteiger partial charge in [-0.15, -0.1) is 0 Å². The van der Waals surface area contributed by atoms with Gasteiger partial charge in [-0.25, -0.2) is 0 Å². The molecule has 0 saturated heterocycles. The van der Waals surface area contributed by atoms with Crippen LogP contribution in [0.5, 0.6) is 0 Å². The number of hydrogen-bond acceptors (Lipinski definition) is 2. The second-order valence-corrected chi connectivity index (χ2v) is 16.5. The standard InChI is InChI=1S/C62H47N3/c1-5-14-46(15-6-1)49-28-36-56(37-29-49)64(54-18-9-3-10-19-54)57-38-30-50(31-39-57)47-24-26-48(27-25-47)51-32-40-58(41-33-51)65(55-20-11-4-12-21-55)59-42-34-52(35-43-59)60-22-13-23-62-61(60)44-45-63(62)53-16-7-2-8-17-53/h1,3-7,9-45H,2,8H2. The predicted octanol–water partition coefficient (Wildman–Crippen LogP) is 17.4. The van der Waals surface area contributed by atoms with E-state index in [9.17, 15) is 0 Å². The molecule has 0 bridgehead atoms. The molecule has 3 nitrogen and oxygen atoms in total. The number of nitrogens with zero attached hydrogens (tertiary/aromatic N) is 3. The fourth-order valence-electron chi connectivity index (χ4n) is 9.16. The second-order valence-electron chi connectivity index (χ2n) is 16.5. The lowest BCUT2D eigenvalue weighted by Gasteiger charge is -2.26. The Kier molecular flexibility index (Phi) is 10.8. The van der Waals surface area contributed by atoms with Gasteiger partial charge in [0.2, 0.25) is 0 Å². The molecule has 9 aromatic carbocycles. The molecule has 10 aromatic rings. The topological polar surface area (TPSA) is 11.4 Å². The van der Waals surface area contributed by atoms with Crippen LogP contribution in [0, 0.1) is 0 Å². The monoisotopic (exact) mass is 833 g/mol. The number of hydrogen-bond donors (Lipinski definition) is 0. The molecular formula is C62H47N3. The minimum Gasteiger partial charge on any atom is -0.317 e. The first-order valence-corrected chi connectivity index (χ1v) is 22.5. The summed E-state index contributed by atoms with van der Waals surface area (Å²) in [5.74, 6) is 0. The molecule has 1 aromatic heterocycles. The van der Waals surface area contributed by atoms with Crippen molar-refractivity contribution in [3.8, 4) is 44.5 Å². The summed E-state index contributed by atoms with van der Waals surface area (Å²) in [6.07, 6.45) is 11.2. The van der Waals surface area contributed by atoms with Crippen LogP contribution in [0.25, 0.3) is 61.1 Å². The minimum atomic E-state index is 1.08. The van der Waals surface area contributed by atoms with E-state index in [2.05, 4.69) is 275 Å². The van der Waals surface area contributed by atoms with E-state index in [1.807, 2.05) is 0 Å². The number of para-hydroxylation sites is 2. The first-order chi connectivity index (χ1) is 32.2. The summed E-state index contributed by atoms with van der Waals surface area (Å²) in [6.45, 7) is 0. The normalized spacial score (nSPS) is 12.2. The molecule has 0 N–H and O–H groups in total. The Hall–Kier alpha value is -8.40. The van der Waals surface area contributed by atoms with Crippen molar-refractivity contribution in [3.05, 3.63) is 261 Å². The molecule has 1 heterocycles. The summed E-state index contributed by atoms with van der Waals surface area (Å²) in [6, 6.07) is 85.2. The Morgan fingerprint density at radius 3 is 1.12 bits per heavy atom. The van der Waals surface area contributed by atoms with Gasteiger partial charge in [0.05, 0.1) is 5.52 Å². The molecule has 0 fully saturated rings. The lowest BCUT2D eigenvalue weighted by Crippen LogP contribution is -2.09. The van der Waals surface area contributed by atoms with Crippen LogP contribution in [0.15, 0.2) is 261 Å². The van der Waals surface area contributed by atoms with Gasteiger partial charge in [-0.1, -0.05) is 164 Å². The van der Waals surface area contributed by atoms with Crippen molar-refractivity contribution in [3.63, 3.8) is 0 Å². The number of anilines is 6. The summed E-state index contributed by atoms with van der Waals surface area (Å²) >= 11 is 0. The van der Waals surface area contributed by atoms with Crippen LogP contribution in [0.2, 0.25) is 0 Å². The smallest absolute Gasteiger partial charge is 0.0534 e. The fourth-order valence-corrected chi connectivity index (χ4v) is 9.16. The van der Waals surface area contributed by atoms with E-state index in [1.165, 1.54) is 61.1 Å². The zero-order chi connectivity index (χ0) is 43.4. The highest BCUT2D eigenvalue weighted by Gasteiger charge is 2.16. The molecule has 310 valence electrons. The summed E-state index contributed by atoms with van der Waals surface area (Å²) < 4.78 is 2.31. The quantitative estimate of drug-likeness (QED) is 0.129. The number of allylic oxidation sites excluding steroid dienone is 4. The first-order valence-electron chi connectivity index (χ1n) is 22.5. The Bertz CT molecular complexity index is 3240. The van der Waals surface area contributed by atoms with E-state index in [4.69, 9.17) is 0 Å². The van der Waals surface area contributed by atoms with Crippen molar-refractivity contribution in [2.24, 2.45) is 0 Å². The van der Waals surface area contributed by atoms with Crippen molar-refractivity contribution in [2.75, 3.05) is 9.80 Å². The average molecular weight is 834 g/mol. The van der Waals surface area contributed by atoms with Crippen molar-refractivity contribution in [1.82, 2.24) is 4.57 Å². The molecule has 0 spiro atoms. The van der Waals surface area contributed by atoms with Crippen LogP contribution >= 0.6 is 0 Å². The third-order valence-corrected chi connectivity index (χ3v) is 12.5. The Balaban J connectivity index is 0.827. The van der Waals surface area contributed by atoms with E-state index in [1.54, 1.807) is 0 Å². The average Bonchev–Trinajstić information content (AvgIpc) is 3.84. The van der Waals surface area contributed by atoms with Crippen LogP contribution < -0.4 is 9.80 Å². The van der Waals surface area contributed by atoms with E-state index in [-0.39, 0.29) is 0 Å². The van der Waals surface area contributed by atoms with Crippen LogP contribution in [-0.2, 0) is 0 Å². The highest BCUT2D eigenvalue weighted by molar-refractivity contribution is 5.98. The first kappa shape index (κ1) is 39.4. The Labute approximate surface area is 381 Å². The van der Waals surface area contributed by atoms with E-state index < -0.39 is 0 Å². The lowest BCUT2D eigenvalue weighted by molar-refractivity contribution is 1.01. The molecule has 0 atom stereocenters. The van der Waals surface area contributed by atoms with E-state index >= 15 is 0 Å². The van der Waals surface area contributed by atoms with Crippen molar-refractivity contribution in [2.45, 2.75) is 12.8 Å². The minimum absolute atomic E-state index is 1.08. The van der Waals surface area contributed by atoms with E-state index in [0.717, 1.165) is 47.0 Å². The van der Waals surface area contributed by atoms with Crippen molar-refractivity contribution in [1.29, 1.82) is 0 Å². The maximum Gasteiger partial charge on any atom is 0.0534 e. The van der Waals surface area contributed by atoms with Crippen molar-refractivity contribution < 1.29 is 0 Å². The summed E-state index contributed by atoms with van der Waals surface area (Å²) in [5.41, 5.74) is 18.7. The molecule has 65 heavy (non-hydrogen) atoms. The van der Waals surface area contributed by atoms with E-state index in [0.29, 0.717) is 0 Å². The Morgan fingerprint density at radius 2 is 0.692 bits per heavy atom. The molecule has 3 heteroatoms. The number of rotatable bonds is 11. The fraction of sp³-hybridized carbons (Fsp3) is 0.0323. The maximum atomic E-state index is 2.33. The lowest BCUT2D eigenvalue weighted by atomic mass is 9.99. The van der Waals surface area contributed by atoms with Crippen molar-refractivity contribution >= 4 is 50.7 Å². The van der Waals surface area contributed by atoms with Gasteiger partial charge >= 0.3 is 0 Å². The largest absolute Gasteiger partial charge is 0.317 e. The molecule has 0 radical (unpaired) electrons. The third kappa shape index (κ3) is 8.08. The summed E-state index contributed by atoms with van der Waals surface area (Å²) in [4.78, 5) is 4.64. The van der Waals surface area contributed by atoms with Crippen LogP contribution in [0.4, 0.5) is 34.1 Å². The van der Waals surface area contributed by atoms with Gasteiger partial charge in [0.25, 0.3) is 0 Å². The molecular weight excluding hydrogens is 787 g/mol. The molecule has 0 unspecified atom stereocenters. The molecule has 1 aliphatic carbocycles. The molecule has 11 rings (SSSR count). The zero-order valence-electron chi connectivity index (χ0n) is 36.1. The van der Waals surface area contributed by atoms with Gasteiger partial charge in [-0.3, -0.25) is 0 Å². The number of fused-ring (bicyclic) bond motifs is 1. The summed E-state index contributed by atoms with van der Waals surface area (Å²) in [5, 5.41) is 1.26. The summed E-state index contributed by atoms with van der Waals surface area (Å²) in [7, 11) is 0. The maximum absolute atomic E-state index is 2.33. The number of benzene rings is 9. The Morgan fingerprint density at radius 1 is 0.308 bits per heavy atom. The van der Waals surface area contributed by atoms with Gasteiger partial charge in [0.15, 0.2) is 0 Å². The zero-order valence-corrected chi connectivity index (χ0v) is 36.1. The molecule has 0 amide bonds. The van der Waals surface area contributed by atoms with Gasteiger partial charge < -0.3 is 14.4 Å². The highest BCUT2D eigenvalue weighted by atomic mass is 15.1. The van der Waals surface area contributed by atoms with Gasteiger partial charge in [0, 0.05) is 51.4 Å². The molecule has 1 aliphatic rings. The number of aromatic nitrogens is 1.